The standard InChI is InChI=1S/C27H29F2N5O/c1-27(2,35)18-12-22(28)26(23(29)13-18)24-7-6-20-15-32-25(34(20)33-24)11-17-14-31-9-8-21(17)16-4-3-5-19(30)10-16/h6-9,12-16,19,35H,3-5,10-11,30H2,1-2H3/t16-,19+/m1/s1. The summed E-state index contributed by atoms with van der Waals surface area (Å²) in [5.74, 6) is -0.522. The maximum Gasteiger partial charge on any atom is 0.136 e. The Kier molecular flexibility index (Phi) is 6.11. The van der Waals surface area contributed by atoms with Crippen LogP contribution in [-0.2, 0) is 12.0 Å². The Morgan fingerprint density at radius 2 is 1.89 bits per heavy atom. The van der Waals surface area contributed by atoms with Crippen molar-refractivity contribution in [3.8, 4) is 11.3 Å². The Bertz CT molecular complexity index is 1350. The first-order valence-corrected chi connectivity index (χ1v) is 11.9. The molecule has 0 bridgehead atoms. The molecule has 0 aliphatic heterocycles. The van der Waals surface area contributed by atoms with Crippen LogP contribution >= 0.6 is 0 Å². The summed E-state index contributed by atoms with van der Waals surface area (Å²) in [5, 5.41) is 14.7. The lowest BCUT2D eigenvalue weighted by Crippen LogP contribution is -2.27. The Hall–Kier alpha value is -3.23. The molecule has 2 atom stereocenters. The average molecular weight is 478 g/mol. The maximum absolute atomic E-state index is 15.0. The van der Waals surface area contributed by atoms with E-state index in [1.54, 1.807) is 22.8 Å². The molecule has 3 heterocycles. The van der Waals surface area contributed by atoms with Crippen LogP contribution in [0.15, 0.2) is 48.9 Å². The number of hydrogen-bond acceptors (Lipinski definition) is 5. The number of aromatic nitrogens is 4. The van der Waals surface area contributed by atoms with Gasteiger partial charge in [-0.25, -0.2) is 18.3 Å². The summed E-state index contributed by atoms with van der Waals surface area (Å²) in [6, 6.07) is 7.88. The normalized spacial score (nSPS) is 18.8. The van der Waals surface area contributed by atoms with Crippen LogP contribution < -0.4 is 5.73 Å². The highest BCUT2D eigenvalue weighted by molar-refractivity contribution is 5.63. The van der Waals surface area contributed by atoms with Crippen LogP contribution in [0.1, 0.15) is 68.0 Å². The van der Waals surface area contributed by atoms with Crippen molar-refractivity contribution in [2.45, 2.75) is 63.5 Å². The van der Waals surface area contributed by atoms with Crippen molar-refractivity contribution in [2.75, 3.05) is 0 Å². The zero-order chi connectivity index (χ0) is 24.7. The Balaban J connectivity index is 1.52. The van der Waals surface area contributed by atoms with E-state index in [0.29, 0.717) is 18.2 Å². The van der Waals surface area contributed by atoms with Crippen molar-refractivity contribution in [1.82, 2.24) is 19.6 Å². The van der Waals surface area contributed by atoms with Crippen molar-refractivity contribution >= 4 is 5.52 Å². The fourth-order valence-electron chi connectivity index (χ4n) is 5.02. The van der Waals surface area contributed by atoms with Crippen molar-refractivity contribution in [3.05, 3.63) is 83.1 Å². The van der Waals surface area contributed by atoms with Gasteiger partial charge in [0.05, 0.1) is 28.6 Å². The molecule has 1 aromatic carbocycles. The smallest absolute Gasteiger partial charge is 0.136 e. The number of nitrogens with zero attached hydrogens (tertiary/aromatic N) is 4. The summed E-state index contributed by atoms with van der Waals surface area (Å²) in [7, 11) is 0. The molecule has 0 amide bonds. The second kappa shape index (κ2) is 9.09. The molecule has 5 rings (SSSR count). The second-order valence-corrected chi connectivity index (χ2v) is 9.98. The van der Waals surface area contributed by atoms with E-state index in [4.69, 9.17) is 5.73 Å². The lowest BCUT2D eigenvalue weighted by Gasteiger charge is -2.28. The van der Waals surface area contributed by atoms with Gasteiger partial charge >= 0.3 is 0 Å². The molecule has 0 spiro atoms. The van der Waals surface area contributed by atoms with Crippen molar-refractivity contribution in [3.63, 3.8) is 0 Å². The zero-order valence-electron chi connectivity index (χ0n) is 19.9. The van der Waals surface area contributed by atoms with Crippen LogP contribution in [0.3, 0.4) is 0 Å². The maximum atomic E-state index is 15.0. The van der Waals surface area contributed by atoms with Gasteiger partial charge in [-0.05, 0) is 86.1 Å². The summed E-state index contributed by atoms with van der Waals surface area (Å²) in [6.45, 7) is 2.97. The minimum absolute atomic E-state index is 0.152. The number of fused-ring (bicyclic) bond motifs is 1. The van der Waals surface area contributed by atoms with Gasteiger partial charge in [0.1, 0.15) is 17.5 Å². The molecule has 182 valence electrons. The molecule has 4 aromatic rings. The third kappa shape index (κ3) is 4.68. The fourth-order valence-corrected chi connectivity index (χ4v) is 5.02. The van der Waals surface area contributed by atoms with Gasteiger partial charge < -0.3 is 10.8 Å². The molecular weight excluding hydrogens is 448 g/mol. The van der Waals surface area contributed by atoms with Crippen molar-refractivity contribution < 1.29 is 13.9 Å². The number of nitrogens with two attached hydrogens (primary N) is 1. The van der Waals surface area contributed by atoms with Crippen molar-refractivity contribution in [1.29, 1.82) is 0 Å². The molecular formula is C27H29F2N5O. The average Bonchev–Trinajstić information content (AvgIpc) is 3.20. The minimum atomic E-state index is -1.36. The van der Waals surface area contributed by atoms with Crippen LogP contribution in [0, 0.1) is 11.6 Å². The van der Waals surface area contributed by atoms with Gasteiger partial charge in [-0.1, -0.05) is 6.42 Å². The molecule has 1 fully saturated rings. The summed E-state index contributed by atoms with van der Waals surface area (Å²) in [5.41, 5.74) is 7.95. The highest BCUT2D eigenvalue weighted by atomic mass is 19.1. The van der Waals surface area contributed by atoms with Gasteiger partial charge in [0.15, 0.2) is 0 Å². The molecule has 8 heteroatoms. The SMILES string of the molecule is CC(C)(O)c1cc(F)c(-c2ccc3cnc(Cc4cnccc4[C@@H]4CCC[C@H](N)C4)n3n2)c(F)c1. The zero-order valence-corrected chi connectivity index (χ0v) is 19.9. The summed E-state index contributed by atoms with van der Waals surface area (Å²) >= 11 is 0. The number of benzene rings is 1. The molecule has 1 aliphatic rings. The van der Waals surface area contributed by atoms with E-state index in [0.717, 1.165) is 48.9 Å². The van der Waals surface area contributed by atoms with Gasteiger partial charge in [-0.15, -0.1) is 0 Å². The summed E-state index contributed by atoms with van der Waals surface area (Å²) in [4.78, 5) is 8.87. The third-order valence-corrected chi connectivity index (χ3v) is 6.90. The Morgan fingerprint density at radius 1 is 1.11 bits per heavy atom. The largest absolute Gasteiger partial charge is 0.386 e. The summed E-state index contributed by atoms with van der Waals surface area (Å²) < 4.78 is 31.5. The van der Waals surface area contributed by atoms with Gasteiger partial charge in [0, 0.05) is 24.9 Å². The quantitative estimate of drug-likeness (QED) is 0.428. The van der Waals surface area contributed by atoms with E-state index >= 15 is 0 Å². The highest BCUT2D eigenvalue weighted by Crippen LogP contribution is 2.35. The lowest BCUT2D eigenvalue weighted by molar-refractivity contribution is 0.0779. The van der Waals surface area contributed by atoms with E-state index in [1.807, 2.05) is 12.4 Å². The first-order chi connectivity index (χ1) is 16.7. The second-order valence-electron chi connectivity index (χ2n) is 9.98. The van der Waals surface area contributed by atoms with Gasteiger partial charge in [-0.2, -0.15) is 5.10 Å². The molecule has 0 saturated heterocycles. The number of hydrogen-bond donors (Lipinski definition) is 2. The van der Waals surface area contributed by atoms with Crippen LogP contribution in [0.25, 0.3) is 16.8 Å². The van der Waals surface area contributed by atoms with Crippen LogP contribution in [0.5, 0.6) is 0 Å². The van der Waals surface area contributed by atoms with E-state index < -0.39 is 17.2 Å². The minimum Gasteiger partial charge on any atom is -0.386 e. The Labute approximate surface area is 202 Å². The number of pyridine rings is 1. The highest BCUT2D eigenvalue weighted by Gasteiger charge is 2.25. The fraction of sp³-hybridized carbons (Fsp3) is 0.370. The first kappa shape index (κ1) is 23.5. The van der Waals surface area contributed by atoms with Crippen LogP contribution in [0.4, 0.5) is 8.78 Å². The Morgan fingerprint density at radius 3 is 2.60 bits per heavy atom. The van der Waals surface area contributed by atoms with Gasteiger partial charge in [0.25, 0.3) is 0 Å². The van der Waals surface area contributed by atoms with Crippen LogP contribution in [-0.4, -0.2) is 30.7 Å². The van der Waals surface area contributed by atoms with Crippen LogP contribution in [0.2, 0.25) is 0 Å². The van der Waals surface area contributed by atoms with Gasteiger partial charge in [-0.3, -0.25) is 4.98 Å². The number of imidazole rings is 1. The predicted octanol–water partition coefficient (Wildman–Crippen LogP) is 4.87. The molecule has 0 unspecified atom stereocenters. The number of rotatable bonds is 5. The molecule has 1 saturated carbocycles. The van der Waals surface area contributed by atoms with E-state index in [1.165, 1.54) is 19.4 Å². The molecule has 3 aromatic heterocycles. The lowest BCUT2D eigenvalue weighted by atomic mass is 9.80. The molecule has 35 heavy (non-hydrogen) atoms. The molecule has 6 nitrogen and oxygen atoms in total. The van der Waals surface area contributed by atoms with E-state index in [2.05, 4.69) is 21.1 Å². The molecule has 0 radical (unpaired) electrons. The predicted molar refractivity (Wildman–Crippen MR) is 130 cm³/mol. The van der Waals surface area contributed by atoms with Gasteiger partial charge in [0.2, 0.25) is 0 Å². The first-order valence-electron chi connectivity index (χ1n) is 11.9. The van der Waals surface area contributed by atoms with E-state index in [-0.39, 0.29) is 22.9 Å². The topological polar surface area (TPSA) is 89.3 Å². The number of halogens is 2. The molecule has 3 N–H and O–H groups in total. The van der Waals surface area contributed by atoms with E-state index in [9.17, 15) is 13.9 Å². The molecule has 1 aliphatic carbocycles. The number of aliphatic hydroxyl groups is 1. The third-order valence-electron chi connectivity index (χ3n) is 6.90. The monoisotopic (exact) mass is 477 g/mol. The van der Waals surface area contributed by atoms with Crippen molar-refractivity contribution in [2.24, 2.45) is 5.73 Å². The summed E-state index contributed by atoms with van der Waals surface area (Å²) in [6.07, 6.45) is 10.0.